The van der Waals surface area contributed by atoms with Crippen LogP contribution in [0.3, 0.4) is 0 Å². The molecule has 1 aromatic carbocycles. The summed E-state index contributed by atoms with van der Waals surface area (Å²) in [6.45, 7) is 2.82. The minimum Gasteiger partial charge on any atom is -0.486 e. The zero-order valence-electron chi connectivity index (χ0n) is 15.2. The van der Waals surface area contributed by atoms with E-state index in [2.05, 4.69) is 34.5 Å². The summed E-state index contributed by atoms with van der Waals surface area (Å²) in [7, 11) is 0. The smallest absolute Gasteiger partial charge is 0.227 e. The van der Waals surface area contributed by atoms with Crippen molar-refractivity contribution in [3.63, 3.8) is 0 Å². The number of ether oxygens (including phenoxy) is 1. The van der Waals surface area contributed by atoms with Crippen molar-refractivity contribution in [2.75, 3.05) is 6.61 Å². The van der Waals surface area contributed by atoms with Crippen molar-refractivity contribution in [3.05, 3.63) is 63.7 Å². The Labute approximate surface area is 158 Å². The number of hydrogen-bond donors (Lipinski definition) is 1. The number of carbonyl (C=O) groups excluding carboxylic acids is 1. The normalized spacial score (nSPS) is 21.8. The third-order valence-electron chi connectivity index (χ3n) is 5.46. The van der Waals surface area contributed by atoms with E-state index in [0.717, 1.165) is 38.8 Å². The van der Waals surface area contributed by atoms with Crippen LogP contribution >= 0.6 is 0 Å². The van der Waals surface area contributed by atoms with Gasteiger partial charge in [-0.15, -0.1) is 0 Å². The van der Waals surface area contributed by atoms with Crippen LogP contribution in [0.4, 0.5) is 0 Å². The molecule has 0 bridgehead atoms. The van der Waals surface area contributed by atoms with Crippen molar-refractivity contribution in [1.82, 2.24) is 10.2 Å². The van der Waals surface area contributed by atoms with Gasteiger partial charge in [-0.05, 0) is 36.3 Å². The number of hydrogen-bond acceptors (Lipinski definition) is 5. The van der Waals surface area contributed by atoms with Crippen molar-refractivity contribution in [1.29, 1.82) is 0 Å². The molecule has 2 aromatic rings. The number of rotatable bonds is 7. The van der Waals surface area contributed by atoms with Gasteiger partial charge >= 0.3 is 0 Å². The van der Waals surface area contributed by atoms with Gasteiger partial charge in [0.1, 0.15) is 12.0 Å². The number of fused-ring (bicyclic) bond motifs is 1. The zero-order chi connectivity index (χ0) is 18.6. The van der Waals surface area contributed by atoms with Gasteiger partial charge in [0, 0.05) is 25.2 Å². The van der Waals surface area contributed by atoms with Crippen LogP contribution in [0.2, 0.25) is 0 Å². The third-order valence-corrected chi connectivity index (χ3v) is 5.46. The Hall–Kier alpha value is -2.60. The third kappa shape index (κ3) is 4.22. The van der Waals surface area contributed by atoms with Crippen molar-refractivity contribution in [2.45, 2.75) is 44.9 Å². The van der Waals surface area contributed by atoms with Gasteiger partial charge in [-0.1, -0.05) is 24.3 Å². The van der Waals surface area contributed by atoms with Crippen LogP contribution in [0.5, 0.6) is 5.75 Å². The predicted molar refractivity (Wildman–Crippen MR) is 100 cm³/mol. The van der Waals surface area contributed by atoms with E-state index in [4.69, 9.17) is 9.15 Å². The first-order valence-electron chi connectivity index (χ1n) is 9.44. The molecule has 142 valence electrons. The second-order valence-corrected chi connectivity index (χ2v) is 7.46. The first-order chi connectivity index (χ1) is 13.2. The second-order valence-electron chi connectivity index (χ2n) is 7.46. The number of amides is 1. The van der Waals surface area contributed by atoms with E-state index < -0.39 is 0 Å². The second kappa shape index (κ2) is 7.96. The van der Waals surface area contributed by atoms with Gasteiger partial charge in [-0.3, -0.25) is 14.5 Å². The van der Waals surface area contributed by atoms with E-state index in [1.165, 1.54) is 23.5 Å². The van der Waals surface area contributed by atoms with Crippen LogP contribution in [0.15, 0.2) is 45.8 Å². The van der Waals surface area contributed by atoms with Gasteiger partial charge in [0.25, 0.3) is 0 Å². The SMILES string of the molecule is O=CNC1CC[C@H](COc2coc(CN3Cc4ccccc4C3)cc2=O)C1. The largest absolute Gasteiger partial charge is 0.486 e. The van der Waals surface area contributed by atoms with Gasteiger partial charge in [-0.25, -0.2) is 0 Å². The Morgan fingerprint density at radius 3 is 2.70 bits per heavy atom. The highest BCUT2D eigenvalue weighted by Crippen LogP contribution is 2.26. The molecule has 0 radical (unpaired) electrons. The first-order valence-corrected chi connectivity index (χ1v) is 9.44. The molecular weight excluding hydrogens is 344 g/mol. The van der Waals surface area contributed by atoms with Crippen LogP contribution in [-0.4, -0.2) is 24.0 Å². The highest BCUT2D eigenvalue weighted by molar-refractivity contribution is 5.46. The lowest BCUT2D eigenvalue weighted by Gasteiger charge is -2.14. The molecule has 1 N–H and O–H groups in total. The van der Waals surface area contributed by atoms with Gasteiger partial charge in [0.15, 0.2) is 0 Å². The van der Waals surface area contributed by atoms with Gasteiger partial charge in [-0.2, -0.15) is 0 Å². The van der Waals surface area contributed by atoms with E-state index in [9.17, 15) is 9.59 Å². The maximum Gasteiger partial charge on any atom is 0.227 e. The average molecular weight is 368 g/mol. The van der Waals surface area contributed by atoms with Crippen molar-refractivity contribution < 1.29 is 13.9 Å². The van der Waals surface area contributed by atoms with E-state index in [1.807, 2.05) is 0 Å². The molecule has 4 rings (SSSR count). The molecule has 0 saturated heterocycles. The minimum absolute atomic E-state index is 0.145. The highest BCUT2D eigenvalue weighted by Gasteiger charge is 2.25. The Bertz CT molecular complexity index is 838. The van der Waals surface area contributed by atoms with Crippen LogP contribution in [0.1, 0.15) is 36.1 Å². The van der Waals surface area contributed by atoms with E-state index in [1.54, 1.807) is 0 Å². The molecule has 27 heavy (non-hydrogen) atoms. The molecule has 6 nitrogen and oxygen atoms in total. The molecule has 1 amide bonds. The fraction of sp³-hybridized carbons (Fsp3) is 0.429. The molecule has 1 aliphatic carbocycles. The zero-order valence-corrected chi connectivity index (χ0v) is 15.2. The minimum atomic E-state index is -0.145. The molecule has 1 aliphatic heterocycles. The summed E-state index contributed by atoms with van der Waals surface area (Å²) in [5, 5.41) is 2.81. The average Bonchev–Trinajstić information content (AvgIpc) is 3.27. The standard InChI is InChI=1S/C21H24N2O4/c24-14-22-18-6-5-15(7-18)12-27-21-13-26-19(8-20(21)25)11-23-9-16-3-1-2-4-17(16)10-23/h1-4,8,13-15,18H,5-7,9-12H2,(H,22,24)/t15-,18?/m0/s1. The van der Waals surface area contributed by atoms with Crippen molar-refractivity contribution in [3.8, 4) is 5.75 Å². The van der Waals surface area contributed by atoms with Crippen LogP contribution in [0.25, 0.3) is 0 Å². The molecule has 1 saturated carbocycles. The first kappa shape index (κ1) is 17.8. The van der Waals surface area contributed by atoms with Crippen LogP contribution < -0.4 is 15.5 Å². The number of nitrogens with zero attached hydrogens (tertiary/aromatic N) is 1. The molecule has 1 unspecified atom stereocenters. The van der Waals surface area contributed by atoms with Gasteiger partial charge in [0.05, 0.1) is 13.2 Å². The molecule has 0 spiro atoms. The molecule has 1 aromatic heterocycles. The summed E-state index contributed by atoms with van der Waals surface area (Å²) >= 11 is 0. The number of carbonyl (C=O) groups is 1. The number of benzene rings is 1. The van der Waals surface area contributed by atoms with Gasteiger partial charge < -0.3 is 14.5 Å². The fourth-order valence-corrected chi connectivity index (χ4v) is 4.04. The fourth-order valence-electron chi connectivity index (χ4n) is 4.04. The monoisotopic (exact) mass is 368 g/mol. The summed E-state index contributed by atoms with van der Waals surface area (Å²) in [5.41, 5.74) is 2.52. The summed E-state index contributed by atoms with van der Waals surface area (Å²) in [5.74, 6) is 1.26. The van der Waals surface area contributed by atoms with Crippen molar-refractivity contribution >= 4 is 6.41 Å². The Balaban J connectivity index is 1.31. The Kier molecular flexibility index (Phi) is 5.25. The van der Waals surface area contributed by atoms with Crippen LogP contribution in [0, 0.1) is 5.92 Å². The summed E-state index contributed by atoms with van der Waals surface area (Å²) < 4.78 is 11.3. The lowest BCUT2D eigenvalue weighted by molar-refractivity contribution is -0.110. The highest BCUT2D eigenvalue weighted by atomic mass is 16.5. The van der Waals surface area contributed by atoms with E-state index in [-0.39, 0.29) is 17.2 Å². The summed E-state index contributed by atoms with van der Waals surface area (Å²) in [6.07, 6.45) is 5.01. The van der Waals surface area contributed by atoms with Crippen LogP contribution in [-0.2, 0) is 24.4 Å². The van der Waals surface area contributed by atoms with Crippen molar-refractivity contribution in [2.24, 2.45) is 5.92 Å². The van der Waals surface area contributed by atoms with Gasteiger partial charge in [0.2, 0.25) is 17.6 Å². The van der Waals surface area contributed by atoms with E-state index in [0.29, 0.717) is 24.8 Å². The quantitative estimate of drug-likeness (QED) is 0.760. The topological polar surface area (TPSA) is 71.8 Å². The summed E-state index contributed by atoms with van der Waals surface area (Å²) in [4.78, 5) is 25.1. The molecule has 2 aliphatic rings. The molecule has 2 heterocycles. The Morgan fingerprint density at radius 1 is 1.22 bits per heavy atom. The Morgan fingerprint density at radius 2 is 2.00 bits per heavy atom. The molecule has 6 heteroatoms. The maximum absolute atomic E-state index is 12.3. The number of nitrogens with one attached hydrogen (secondary N) is 1. The molecule has 1 fully saturated rings. The lowest BCUT2D eigenvalue weighted by Crippen LogP contribution is -2.25. The predicted octanol–water partition coefficient (Wildman–Crippen LogP) is 2.45. The summed E-state index contributed by atoms with van der Waals surface area (Å²) in [6, 6.07) is 10.1. The van der Waals surface area contributed by atoms with E-state index >= 15 is 0 Å². The molecular formula is C21H24N2O4. The lowest BCUT2D eigenvalue weighted by atomic mass is 10.1. The molecule has 2 atom stereocenters. The maximum atomic E-state index is 12.3.